The minimum Gasteiger partial charge on any atom is -0.462 e. The maximum absolute atomic E-state index is 13.3. The number of allylic oxidation sites excluding steroid dienone is 3. The Labute approximate surface area is 433 Å². The number of aromatic nitrogens is 2. The van der Waals surface area contributed by atoms with Gasteiger partial charge in [-0.15, -0.1) is 0 Å². The van der Waals surface area contributed by atoms with Crippen molar-refractivity contribution in [2.45, 2.75) is 60.3 Å². The molecule has 75 heavy (non-hydrogen) atoms. The molecule has 1 atom stereocenters. The standard InChI is InChI=1S/C26H27N3O7.C12H13NO3.C7H5NO3.C7H13NO3.CH4/c1-17-22(25(31)35-15-5-7-19-10-12-27-13-11-19)24(20-8-3-4-9-21(20)29(33)34)23(18(2)28-17)26(32)36-16-6-14-30;1-10(14)9-12(15)16-8-2-3-11-4-6-13-7-5-11;9-5-6-3-1-2-4-7(6)8(10)11;1-6(8)5-7(10)11-4-2-3-9;/h3-5,7-13,24,28,30H,6,14-16H2,1-2H3;2-7H,8-9H2,1H3;1-5H;5,9H,2-4,8H2,1H3;1H4/b7-5+;3-2+;;6-5-;. The number of ether oxygens (including phenoxy) is 4. The van der Waals surface area contributed by atoms with Crippen molar-refractivity contribution in [2.75, 3.05) is 39.6 Å². The molecule has 1 aliphatic rings. The first kappa shape index (κ1) is 64.0. The third-order valence-corrected chi connectivity index (χ3v) is 9.41. The van der Waals surface area contributed by atoms with E-state index in [-0.39, 0.29) is 99.3 Å². The summed E-state index contributed by atoms with van der Waals surface area (Å²) in [5.74, 6) is -3.71. The van der Waals surface area contributed by atoms with Gasteiger partial charge in [0, 0.05) is 91.7 Å². The number of nitrogens with one attached hydrogen (secondary N) is 1. The number of nitrogens with two attached hydrogens (primary N) is 1. The second kappa shape index (κ2) is 36.0. The molecule has 400 valence electrons. The van der Waals surface area contributed by atoms with Gasteiger partial charge in [-0.1, -0.05) is 49.9 Å². The number of rotatable bonds is 21. The number of aliphatic hydroxyl groups is 2. The van der Waals surface area contributed by atoms with Crippen LogP contribution in [0.1, 0.15) is 87.4 Å². The molecule has 1 aliphatic heterocycles. The first-order chi connectivity index (χ1) is 35.4. The number of aldehydes is 1. The number of hydrogen-bond acceptors (Lipinski definition) is 20. The lowest BCUT2D eigenvalue weighted by molar-refractivity contribution is -0.385. The highest BCUT2D eigenvalue weighted by atomic mass is 16.6. The van der Waals surface area contributed by atoms with E-state index in [0.29, 0.717) is 29.8 Å². The minimum atomic E-state index is -1.09. The van der Waals surface area contributed by atoms with Crippen molar-refractivity contribution in [3.63, 3.8) is 0 Å². The molecular weight excluding hydrogens is 977 g/mol. The number of dihydropyridines is 1. The van der Waals surface area contributed by atoms with E-state index in [4.69, 9.17) is 30.2 Å². The number of pyridine rings is 2. The van der Waals surface area contributed by atoms with Crippen LogP contribution in [0.4, 0.5) is 11.4 Å². The molecule has 0 amide bonds. The monoisotopic (exact) mass is 1040 g/mol. The number of nitro groups is 2. The van der Waals surface area contributed by atoms with Gasteiger partial charge in [0.1, 0.15) is 25.4 Å². The van der Waals surface area contributed by atoms with Crippen LogP contribution in [0.2, 0.25) is 0 Å². The van der Waals surface area contributed by atoms with Crippen molar-refractivity contribution < 1.29 is 67.8 Å². The molecule has 0 saturated heterocycles. The lowest BCUT2D eigenvalue weighted by atomic mass is 9.79. The van der Waals surface area contributed by atoms with Crippen LogP contribution in [0, 0.1) is 20.2 Å². The molecule has 0 saturated carbocycles. The summed E-state index contributed by atoms with van der Waals surface area (Å²) in [6.07, 6.45) is 15.8. The smallest absolute Gasteiger partial charge is 0.337 e. The predicted octanol–water partition coefficient (Wildman–Crippen LogP) is 6.84. The lowest BCUT2D eigenvalue weighted by Crippen LogP contribution is -2.33. The second-order valence-electron chi connectivity index (χ2n) is 15.3. The zero-order valence-corrected chi connectivity index (χ0v) is 41.1. The zero-order chi connectivity index (χ0) is 54.8. The molecule has 5 N–H and O–H groups in total. The lowest BCUT2D eigenvalue weighted by Gasteiger charge is -2.30. The predicted molar refractivity (Wildman–Crippen MR) is 277 cm³/mol. The van der Waals surface area contributed by atoms with Crippen LogP contribution in [0.15, 0.2) is 144 Å². The summed E-state index contributed by atoms with van der Waals surface area (Å²) in [6, 6.07) is 19.0. The van der Waals surface area contributed by atoms with Crippen LogP contribution >= 0.6 is 0 Å². The van der Waals surface area contributed by atoms with Gasteiger partial charge in [-0.25, -0.2) is 14.4 Å². The maximum Gasteiger partial charge on any atom is 0.337 e. The van der Waals surface area contributed by atoms with E-state index >= 15 is 0 Å². The number of carbonyl (C=O) groups is 6. The molecule has 2 aromatic carbocycles. The number of nitro benzene ring substituents is 2. The summed E-state index contributed by atoms with van der Waals surface area (Å²) >= 11 is 0. The number of benzene rings is 2. The van der Waals surface area contributed by atoms with E-state index in [0.717, 1.165) is 11.1 Å². The van der Waals surface area contributed by atoms with E-state index in [1.807, 2.05) is 18.2 Å². The fraction of sp³-hybridized carbons (Fsp3) is 0.283. The van der Waals surface area contributed by atoms with Crippen molar-refractivity contribution in [1.82, 2.24) is 15.3 Å². The van der Waals surface area contributed by atoms with E-state index < -0.39 is 39.6 Å². The van der Waals surface area contributed by atoms with E-state index in [1.165, 1.54) is 49.4 Å². The minimum absolute atomic E-state index is 0. The van der Waals surface area contributed by atoms with Gasteiger partial charge in [0.15, 0.2) is 6.29 Å². The van der Waals surface area contributed by atoms with Gasteiger partial charge in [0.05, 0.1) is 45.7 Å². The molecule has 5 rings (SSSR count). The Kier molecular flexibility index (Phi) is 30.7. The number of hydrogen-bond donors (Lipinski definition) is 4. The van der Waals surface area contributed by atoms with Crippen molar-refractivity contribution in [3.05, 3.63) is 187 Å². The Balaban J connectivity index is 0.000000590. The highest BCUT2D eigenvalue weighted by Crippen LogP contribution is 2.42. The highest BCUT2D eigenvalue weighted by Gasteiger charge is 2.41. The van der Waals surface area contributed by atoms with Crippen molar-refractivity contribution >= 4 is 59.5 Å². The Bertz CT molecular complexity index is 2680. The summed E-state index contributed by atoms with van der Waals surface area (Å²) < 4.78 is 20.2. The van der Waals surface area contributed by atoms with Gasteiger partial charge in [-0.3, -0.25) is 44.6 Å². The molecule has 3 heterocycles. The number of Topliss-reactive ketones (excluding diaryl/α,β-unsaturated/α-hetero) is 1. The molecule has 0 spiro atoms. The van der Waals surface area contributed by atoms with Crippen molar-refractivity contribution in [3.8, 4) is 0 Å². The molecule has 0 bridgehead atoms. The van der Waals surface area contributed by atoms with Crippen LogP contribution in [-0.4, -0.2) is 106 Å². The molecule has 2 aromatic heterocycles. The quantitative estimate of drug-likeness (QED) is 0.00969. The summed E-state index contributed by atoms with van der Waals surface area (Å²) in [7, 11) is 0. The fourth-order valence-electron chi connectivity index (χ4n) is 6.18. The van der Waals surface area contributed by atoms with Crippen LogP contribution in [0.25, 0.3) is 12.2 Å². The number of para-hydroxylation sites is 2. The van der Waals surface area contributed by atoms with E-state index in [1.54, 1.807) is 88.1 Å². The molecule has 1 unspecified atom stereocenters. The third kappa shape index (κ3) is 24.3. The SMILES string of the molecule is C.C/C(N)=C/C(=O)OCCCO.CC(=O)CC(=O)OC/C=C/c1ccncc1.CC1=C(C(=O)OC/C=C/c2ccncc2)C(c2ccccc2[N+](=O)[O-])C(C(=O)OCCCO)=C(C)N1.O=Cc1ccccc1[N+](=O)[O-]. The van der Waals surface area contributed by atoms with E-state index in [9.17, 15) is 49.0 Å². The number of aliphatic hydroxyl groups excluding tert-OH is 2. The largest absolute Gasteiger partial charge is 0.462 e. The molecule has 22 heteroatoms. The molecule has 0 fully saturated rings. The van der Waals surface area contributed by atoms with Crippen molar-refractivity contribution in [1.29, 1.82) is 0 Å². The topological polar surface area (TPSA) is 330 Å². The Morgan fingerprint density at radius 3 is 1.63 bits per heavy atom. The van der Waals surface area contributed by atoms with Crippen LogP contribution in [-0.2, 0) is 42.9 Å². The number of esters is 4. The Hall–Kier alpha value is -9.02. The highest BCUT2D eigenvalue weighted by molar-refractivity contribution is 6.00. The normalized spacial score (nSPS) is 12.7. The molecule has 0 radical (unpaired) electrons. The van der Waals surface area contributed by atoms with Crippen LogP contribution < -0.4 is 11.1 Å². The average molecular weight is 1040 g/mol. The molecule has 4 aromatic rings. The zero-order valence-electron chi connectivity index (χ0n) is 41.1. The van der Waals surface area contributed by atoms with Gasteiger partial charge in [-0.2, -0.15) is 0 Å². The fourth-order valence-corrected chi connectivity index (χ4v) is 6.18. The molecule has 22 nitrogen and oxygen atoms in total. The van der Waals surface area contributed by atoms with Gasteiger partial charge in [-0.05, 0) is 81.3 Å². The van der Waals surface area contributed by atoms with E-state index in [2.05, 4.69) is 20.0 Å². The third-order valence-electron chi connectivity index (χ3n) is 9.41. The second-order valence-corrected chi connectivity index (χ2v) is 15.3. The number of nitrogens with zero attached hydrogens (tertiary/aromatic N) is 4. The summed E-state index contributed by atoms with van der Waals surface area (Å²) in [5, 5.41) is 42.4. The van der Waals surface area contributed by atoms with Gasteiger partial charge in [0.25, 0.3) is 11.4 Å². The number of ketones is 1. The first-order valence-electron chi connectivity index (χ1n) is 22.5. The first-order valence-corrected chi connectivity index (χ1v) is 22.5. The Morgan fingerprint density at radius 2 is 1.16 bits per heavy atom. The average Bonchev–Trinajstić information content (AvgIpc) is 3.37. The maximum atomic E-state index is 13.3. The van der Waals surface area contributed by atoms with Crippen molar-refractivity contribution in [2.24, 2.45) is 5.73 Å². The molecule has 0 aliphatic carbocycles. The Morgan fingerprint density at radius 1 is 0.693 bits per heavy atom. The summed E-state index contributed by atoms with van der Waals surface area (Å²) in [6.45, 7) is 6.41. The number of carbonyl (C=O) groups excluding carboxylic acids is 6. The summed E-state index contributed by atoms with van der Waals surface area (Å²) in [5.41, 5.74) is 8.30. The van der Waals surface area contributed by atoms with Gasteiger partial charge < -0.3 is 40.2 Å². The van der Waals surface area contributed by atoms with Gasteiger partial charge in [0.2, 0.25) is 0 Å². The van der Waals surface area contributed by atoms with Gasteiger partial charge >= 0.3 is 23.9 Å². The molecular formula is C53H62N6O16. The van der Waals surface area contributed by atoms with Crippen LogP contribution in [0.3, 0.4) is 0 Å². The van der Waals surface area contributed by atoms with Crippen LogP contribution in [0.5, 0.6) is 0 Å². The summed E-state index contributed by atoms with van der Waals surface area (Å²) in [4.78, 5) is 97.5.